The van der Waals surface area contributed by atoms with Crippen LogP contribution in [0.5, 0.6) is 5.75 Å². The van der Waals surface area contributed by atoms with Crippen LogP contribution in [-0.4, -0.2) is 96.6 Å². The largest absolute Gasteiger partial charge is 0.490 e. The number of hydrogen-bond acceptors (Lipinski definition) is 6. The highest BCUT2D eigenvalue weighted by Gasteiger charge is 2.42. The molecular weight excluding hydrogens is 492 g/mol. The van der Waals surface area contributed by atoms with Gasteiger partial charge in [-0.25, -0.2) is 0 Å². The van der Waals surface area contributed by atoms with E-state index in [2.05, 4.69) is 16.9 Å². The van der Waals surface area contributed by atoms with E-state index in [4.69, 9.17) is 21.1 Å². The average molecular weight is 529 g/mol. The molecule has 200 valence electrons. The van der Waals surface area contributed by atoms with Gasteiger partial charge in [-0.15, -0.1) is 0 Å². The Bertz CT molecular complexity index is 1060. The van der Waals surface area contributed by atoms with Crippen molar-refractivity contribution in [2.45, 2.75) is 38.2 Å². The number of amides is 2. The van der Waals surface area contributed by atoms with Crippen molar-refractivity contribution in [3.8, 4) is 5.75 Å². The number of aromatic nitrogens is 1. The molecule has 1 atom stereocenters. The number of benzene rings is 1. The van der Waals surface area contributed by atoms with Crippen molar-refractivity contribution in [1.82, 2.24) is 19.7 Å². The van der Waals surface area contributed by atoms with Crippen LogP contribution < -0.4 is 4.74 Å². The second-order valence-corrected chi connectivity index (χ2v) is 10.5. The molecule has 0 unspecified atom stereocenters. The Morgan fingerprint density at radius 3 is 2.54 bits per heavy atom. The van der Waals surface area contributed by atoms with Crippen LogP contribution in [-0.2, 0) is 20.7 Å². The van der Waals surface area contributed by atoms with E-state index in [1.807, 2.05) is 41.0 Å². The molecule has 2 aliphatic rings. The van der Waals surface area contributed by atoms with E-state index in [9.17, 15) is 9.59 Å². The minimum atomic E-state index is -0.910. The summed E-state index contributed by atoms with van der Waals surface area (Å²) in [6.45, 7) is 6.39. The van der Waals surface area contributed by atoms with E-state index in [1.165, 1.54) is 5.56 Å². The first-order valence-corrected chi connectivity index (χ1v) is 13.4. The number of rotatable bonds is 9. The lowest BCUT2D eigenvalue weighted by molar-refractivity contribution is -0.166. The molecule has 0 N–H and O–H groups in total. The van der Waals surface area contributed by atoms with Crippen LogP contribution in [0, 0.1) is 6.92 Å². The summed E-state index contributed by atoms with van der Waals surface area (Å²) in [6.07, 6.45) is 5.74. The number of pyridine rings is 1. The fourth-order valence-electron chi connectivity index (χ4n) is 4.82. The van der Waals surface area contributed by atoms with E-state index in [-0.39, 0.29) is 24.8 Å². The average Bonchev–Trinajstić information content (AvgIpc) is 2.90. The summed E-state index contributed by atoms with van der Waals surface area (Å²) in [6, 6.07) is 9.45. The zero-order valence-corrected chi connectivity index (χ0v) is 22.6. The molecule has 8 nitrogen and oxygen atoms in total. The minimum absolute atomic E-state index is 0.0379. The number of aryl methyl sites for hydroxylation is 2. The standard InChI is InChI=1S/C28H37ClN4O4/c1-22-18-24(6-7-25(22)29)36-21-28(19-27(35)32-14-12-31(2)13-15-32)20-33(16-17-37-28)26(34)5-3-4-23-8-10-30-11-9-23/h6-11,18H,3-5,12-17,19-21H2,1-2H3/t28-/m0/s1. The molecule has 9 heteroatoms. The molecule has 3 heterocycles. The fourth-order valence-corrected chi connectivity index (χ4v) is 4.94. The molecule has 2 aromatic rings. The third kappa shape index (κ3) is 7.66. The van der Waals surface area contributed by atoms with Crippen molar-refractivity contribution in [3.05, 3.63) is 58.9 Å². The predicted molar refractivity (Wildman–Crippen MR) is 143 cm³/mol. The second-order valence-electron chi connectivity index (χ2n) is 10.1. The zero-order chi connectivity index (χ0) is 26.3. The quantitative estimate of drug-likeness (QED) is 0.497. The number of piperazine rings is 1. The van der Waals surface area contributed by atoms with Crippen LogP contribution in [0.4, 0.5) is 0 Å². The van der Waals surface area contributed by atoms with E-state index >= 15 is 0 Å². The number of carbonyl (C=O) groups excluding carboxylic acids is 2. The number of carbonyl (C=O) groups is 2. The van der Waals surface area contributed by atoms with Crippen molar-refractivity contribution in [2.75, 3.05) is 59.5 Å². The summed E-state index contributed by atoms with van der Waals surface area (Å²) in [5, 5.41) is 0.671. The van der Waals surface area contributed by atoms with Gasteiger partial charge >= 0.3 is 0 Å². The van der Waals surface area contributed by atoms with Crippen LogP contribution in [0.1, 0.15) is 30.4 Å². The smallest absolute Gasteiger partial charge is 0.225 e. The lowest BCUT2D eigenvalue weighted by Gasteiger charge is -2.43. The summed E-state index contributed by atoms with van der Waals surface area (Å²) in [5.74, 6) is 0.782. The Kier molecular flexibility index (Phi) is 9.40. The summed E-state index contributed by atoms with van der Waals surface area (Å²) in [7, 11) is 2.06. The monoisotopic (exact) mass is 528 g/mol. The molecule has 0 spiro atoms. The molecule has 2 aliphatic heterocycles. The number of nitrogens with zero attached hydrogens (tertiary/aromatic N) is 4. The van der Waals surface area contributed by atoms with Gasteiger partial charge in [-0.1, -0.05) is 11.6 Å². The van der Waals surface area contributed by atoms with Gasteiger partial charge in [0.15, 0.2) is 0 Å². The molecule has 0 saturated carbocycles. The summed E-state index contributed by atoms with van der Waals surface area (Å²) in [5.41, 5.74) is 1.17. The molecule has 37 heavy (non-hydrogen) atoms. The van der Waals surface area contributed by atoms with E-state index in [0.29, 0.717) is 50.0 Å². The Balaban J connectivity index is 1.42. The van der Waals surface area contributed by atoms with Gasteiger partial charge in [0.1, 0.15) is 18.0 Å². The van der Waals surface area contributed by atoms with Gasteiger partial charge in [-0.2, -0.15) is 0 Å². The maximum Gasteiger partial charge on any atom is 0.225 e. The van der Waals surface area contributed by atoms with E-state index in [1.54, 1.807) is 18.5 Å². The highest BCUT2D eigenvalue weighted by molar-refractivity contribution is 6.31. The molecule has 2 amide bonds. The molecule has 4 rings (SSSR count). The van der Waals surface area contributed by atoms with Crippen molar-refractivity contribution < 1.29 is 19.1 Å². The maximum absolute atomic E-state index is 13.3. The topological polar surface area (TPSA) is 75.2 Å². The van der Waals surface area contributed by atoms with E-state index in [0.717, 1.165) is 31.5 Å². The summed E-state index contributed by atoms with van der Waals surface area (Å²) >= 11 is 6.18. The van der Waals surface area contributed by atoms with Gasteiger partial charge in [0, 0.05) is 56.6 Å². The fraction of sp³-hybridized carbons (Fsp3) is 0.536. The Hall–Kier alpha value is -2.68. The van der Waals surface area contributed by atoms with Gasteiger partial charge in [0.2, 0.25) is 11.8 Å². The van der Waals surface area contributed by atoms with Crippen molar-refractivity contribution in [1.29, 1.82) is 0 Å². The lowest BCUT2D eigenvalue weighted by Crippen LogP contribution is -2.59. The van der Waals surface area contributed by atoms with Gasteiger partial charge in [-0.3, -0.25) is 14.6 Å². The highest BCUT2D eigenvalue weighted by Crippen LogP contribution is 2.28. The minimum Gasteiger partial charge on any atom is -0.490 e. The number of morpholine rings is 1. The number of likely N-dealkylation sites (N-methyl/N-ethyl adjacent to an activating group) is 1. The van der Waals surface area contributed by atoms with Crippen LogP contribution in [0.15, 0.2) is 42.7 Å². The zero-order valence-electron chi connectivity index (χ0n) is 21.8. The van der Waals surface area contributed by atoms with E-state index < -0.39 is 5.60 Å². The lowest BCUT2D eigenvalue weighted by atomic mass is 9.96. The van der Waals surface area contributed by atoms with Crippen molar-refractivity contribution in [2.24, 2.45) is 0 Å². The Morgan fingerprint density at radius 1 is 1.05 bits per heavy atom. The Labute approximate surface area is 224 Å². The number of ether oxygens (including phenoxy) is 2. The van der Waals surface area contributed by atoms with Crippen LogP contribution in [0.3, 0.4) is 0 Å². The second kappa shape index (κ2) is 12.7. The third-order valence-corrected chi connectivity index (χ3v) is 7.59. The van der Waals surface area contributed by atoms with Crippen LogP contribution in [0.25, 0.3) is 0 Å². The first kappa shape index (κ1) is 27.4. The van der Waals surface area contributed by atoms with Gasteiger partial charge in [0.05, 0.1) is 19.6 Å². The first-order valence-electron chi connectivity index (χ1n) is 13.0. The number of hydrogen-bond donors (Lipinski definition) is 0. The normalized spacial score (nSPS) is 20.6. The maximum atomic E-state index is 13.3. The molecule has 0 radical (unpaired) electrons. The molecule has 2 saturated heterocycles. The molecular formula is C28H37ClN4O4. The SMILES string of the molecule is Cc1cc(OC[C@]2(CC(=O)N3CCN(C)CC3)CN(C(=O)CCCc3ccncc3)CCO2)ccc1Cl. The van der Waals surface area contributed by atoms with Gasteiger partial charge in [0.25, 0.3) is 0 Å². The molecule has 2 fully saturated rings. The first-order chi connectivity index (χ1) is 17.8. The van der Waals surface area contributed by atoms with Crippen molar-refractivity contribution in [3.63, 3.8) is 0 Å². The van der Waals surface area contributed by atoms with Gasteiger partial charge in [-0.05, 0) is 68.3 Å². The number of halogens is 1. The summed E-state index contributed by atoms with van der Waals surface area (Å²) in [4.78, 5) is 36.5. The molecule has 0 bridgehead atoms. The summed E-state index contributed by atoms with van der Waals surface area (Å²) < 4.78 is 12.4. The Morgan fingerprint density at radius 2 is 1.81 bits per heavy atom. The van der Waals surface area contributed by atoms with Crippen molar-refractivity contribution >= 4 is 23.4 Å². The molecule has 1 aromatic carbocycles. The molecule has 1 aromatic heterocycles. The molecule has 0 aliphatic carbocycles. The van der Waals surface area contributed by atoms with Crippen LogP contribution >= 0.6 is 11.6 Å². The predicted octanol–water partition coefficient (Wildman–Crippen LogP) is 3.21. The van der Waals surface area contributed by atoms with Gasteiger partial charge < -0.3 is 24.2 Å². The van der Waals surface area contributed by atoms with Crippen LogP contribution in [0.2, 0.25) is 5.02 Å². The highest BCUT2D eigenvalue weighted by atomic mass is 35.5. The third-order valence-electron chi connectivity index (χ3n) is 7.17.